The molecule has 55 heavy (non-hydrogen) atoms. The molecule has 0 N–H and O–H groups in total. The molecule has 0 nitrogen and oxygen atoms in total. The third-order valence-electron chi connectivity index (χ3n) is 11.3. The maximum Gasteiger partial charge on any atom is 0.0170 e. The van der Waals surface area contributed by atoms with E-state index < -0.39 is 23.8 Å². The van der Waals surface area contributed by atoms with Crippen LogP contribution in [0.1, 0.15) is 49.9 Å². The lowest BCUT2D eigenvalue weighted by molar-refractivity contribution is 0.658. The Labute approximate surface area is 331 Å². The Kier molecular flexibility index (Phi) is 9.65. The van der Waals surface area contributed by atoms with E-state index in [9.17, 15) is 0 Å². The molecular weight excluding hydrogens is 717 g/mol. The Balaban J connectivity index is 1.46. The molecule has 0 bridgehead atoms. The first-order valence-corrected chi connectivity index (χ1v) is 23.2. The van der Waals surface area contributed by atoms with Crippen molar-refractivity contribution in [1.82, 2.24) is 0 Å². The lowest BCUT2D eigenvalue weighted by Crippen LogP contribution is -2.25. The van der Waals surface area contributed by atoms with Gasteiger partial charge in [0.25, 0.3) is 0 Å². The Bertz CT molecular complexity index is 2280. The third kappa shape index (κ3) is 6.21. The van der Waals surface area contributed by atoms with E-state index in [0.717, 1.165) is 0 Å². The van der Waals surface area contributed by atoms with Crippen molar-refractivity contribution in [2.75, 3.05) is 0 Å². The highest BCUT2D eigenvalue weighted by Gasteiger charge is 2.51. The molecule has 0 heterocycles. The number of hydrogen-bond donors (Lipinski definition) is 0. The summed E-state index contributed by atoms with van der Waals surface area (Å²) in [4.78, 5) is 0. The zero-order valence-electron chi connectivity index (χ0n) is 31.9. The van der Waals surface area contributed by atoms with Crippen LogP contribution in [0.2, 0.25) is 0 Å². The smallest absolute Gasteiger partial charge is 0.0170 e. The van der Waals surface area contributed by atoms with Crippen molar-refractivity contribution in [2.45, 2.75) is 38.5 Å². The summed E-state index contributed by atoms with van der Waals surface area (Å²) in [5.41, 5.74) is 5.26. The van der Waals surface area contributed by atoms with Gasteiger partial charge in [-0.2, -0.15) is 0 Å². The van der Waals surface area contributed by atoms with Crippen LogP contribution in [0.4, 0.5) is 0 Å². The zero-order chi connectivity index (χ0) is 37.6. The highest BCUT2D eigenvalue weighted by atomic mass is 31.1. The zero-order valence-corrected chi connectivity index (χ0v) is 34.6. The topological polar surface area (TPSA) is 0 Å². The van der Waals surface area contributed by atoms with E-state index in [1.54, 1.807) is 10.6 Å². The highest BCUT2D eigenvalue weighted by molar-refractivity contribution is 7.86. The molecule has 2 aliphatic rings. The molecule has 7 aromatic rings. The molecule has 2 aliphatic carbocycles. The lowest BCUT2D eigenvalue weighted by Gasteiger charge is -2.39. The number of benzene rings is 7. The maximum absolute atomic E-state index is 2.52. The number of hydrogen-bond acceptors (Lipinski definition) is 0. The van der Waals surface area contributed by atoms with Gasteiger partial charge in [-0.3, -0.25) is 0 Å². The third-order valence-corrected chi connectivity index (χ3v) is 20.0. The number of fused-ring (bicyclic) bond motifs is 2. The first-order chi connectivity index (χ1) is 26.9. The normalized spacial score (nSPS) is 15.5. The van der Waals surface area contributed by atoms with Gasteiger partial charge in [-0.25, -0.2) is 0 Å². The molecule has 0 aromatic heterocycles. The first kappa shape index (κ1) is 36.0. The molecule has 7 aromatic carbocycles. The van der Waals surface area contributed by atoms with Crippen LogP contribution >= 0.6 is 23.8 Å². The van der Waals surface area contributed by atoms with Crippen molar-refractivity contribution in [3.8, 4) is 0 Å². The Morgan fingerprint density at radius 3 is 0.800 bits per heavy atom. The van der Waals surface area contributed by atoms with E-state index in [-0.39, 0.29) is 10.8 Å². The van der Waals surface area contributed by atoms with Gasteiger partial charge in [-0.1, -0.05) is 228 Å². The van der Waals surface area contributed by atoms with Gasteiger partial charge in [-0.05, 0) is 93.8 Å². The largest absolute Gasteiger partial charge is 0.0622 e. The minimum Gasteiger partial charge on any atom is -0.0622 e. The molecule has 0 unspecified atom stereocenters. The Morgan fingerprint density at radius 2 is 0.509 bits per heavy atom. The van der Waals surface area contributed by atoms with Crippen molar-refractivity contribution in [3.63, 3.8) is 0 Å². The van der Waals surface area contributed by atoms with Gasteiger partial charge in [0.05, 0.1) is 0 Å². The van der Waals surface area contributed by atoms with E-state index >= 15 is 0 Å². The van der Waals surface area contributed by atoms with Gasteiger partial charge in [0.15, 0.2) is 0 Å². The van der Waals surface area contributed by atoms with Crippen LogP contribution in [-0.4, -0.2) is 0 Å². The molecule has 0 aliphatic heterocycles. The first-order valence-electron chi connectivity index (χ1n) is 19.2. The summed E-state index contributed by atoms with van der Waals surface area (Å²) in [5.74, 6) is 0. The molecule has 0 saturated heterocycles. The SMILES string of the molecule is CC1(C)C(P(C2=C(P(c3ccccc3)c3ccccc3)c3ccccc3C2(C)C)c2ccccc2)=C(P(c2ccccc2)c2ccccc2)c2ccccc21. The van der Waals surface area contributed by atoms with Gasteiger partial charge >= 0.3 is 0 Å². The monoisotopic (exact) mass is 762 g/mol. The molecule has 0 radical (unpaired) electrons. The minimum absolute atomic E-state index is 0.219. The summed E-state index contributed by atoms with van der Waals surface area (Å²) < 4.78 is 0. The highest BCUT2D eigenvalue weighted by Crippen LogP contribution is 2.76. The number of allylic oxidation sites excluding steroid dienone is 2. The summed E-state index contributed by atoms with van der Waals surface area (Å²) in [6.07, 6.45) is 0. The Morgan fingerprint density at radius 1 is 0.273 bits per heavy atom. The predicted molar refractivity (Wildman–Crippen MR) is 244 cm³/mol. The van der Waals surface area contributed by atoms with Gasteiger partial charge in [-0.15, -0.1) is 0 Å². The molecule has 0 saturated carbocycles. The molecular formula is C52H45P3. The predicted octanol–water partition coefficient (Wildman–Crippen LogP) is 12.4. The van der Waals surface area contributed by atoms with Crippen molar-refractivity contribution in [1.29, 1.82) is 0 Å². The second kappa shape index (κ2) is 14.8. The fourth-order valence-corrected chi connectivity index (χ4v) is 18.7. The van der Waals surface area contributed by atoms with Crippen LogP contribution in [0.5, 0.6) is 0 Å². The summed E-state index contributed by atoms with van der Waals surface area (Å²) in [6, 6.07) is 75.7. The van der Waals surface area contributed by atoms with Gasteiger partial charge in [0.2, 0.25) is 0 Å². The van der Waals surface area contributed by atoms with E-state index in [1.807, 2.05) is 0 Å². The van der Waals surface area contributed by atoms with Gasteiger partial charge in [0.1, 0.15) is 0 Å². The fourth-order valence-electron chi connectivity index (χ4n) is 8.86. The van der Waals surface area contributed by atoms with Crippen LogP contribution in [-0.2, 0) is 10.8 Å². The van der Waals surface area contributed by atoms with Crippen LogP contribution < -0.4 is 26.5 Å². The van der Waals surface area contributed by atoms with E-state index in [2.05, 4.69) is 228 Å². The average Bonchev–Trinajstić information content (AvgIpc) is 3.60. The van der Waals surface area contributed by atoms with Gasteiger partial charge in [0, 0.05) is 10.8 Å². The van der Waals surface area contributed by atoms with Crippen molar-refractivity contribution in [2.24, 2.45) is 0 Å². The van der Waals surface area contributed by atoms with E-state index in [4.69, 9.17) is 0 Å². The van der Waals surface area contributed by atoms with Crippen molar-refractivity contribution in [3.05, 3.63) is 233 Å². The molecule has 9 rings (SSSR count). The molecule has 0 amide bonds. The summed E-state index contributed by atoms with van der Waals surface area (Å²) in [6.45, 7) is 10.1. The Hall–Kier alpha value is -4.69. The average molecular weight is 763 g/mol. The van der Waals surface area contributed by atoms with Crippen LogP contribution in [0.3, 0.4) is 0 Å². The van der Waals surface area contributed by atoms with Crippen LogP contribution in [0, 0.1) is 0 Å². The van der Waals surface area contributed by atoms with E-state index in [0.29, 0.717) is 0 Å². The minimum atomic E-state index is -1.04. The summed E-state index contributed by atoms with van der Waals surface area (Å²) in [7, 11) is -2.84. The van der Waals surface area contributed by atoms with Crippen LogP contribution in [0.15, 0.2) is 211 Å². The van der Waals surface area contributed by atoms with E-state index in [1.165, 1.54) is 59.4 Å². The summed E-state index contributed by atoms with van der Waals surface area (Å²) >= 11 is 0. The quantitative estimate of drug-likeness (QED) is 0.129. The molecule has 3 heteroatoms. The standard InChI is InChI=1S/C52H45P3/c1-51(2)45-36-22-20-34-43(45)47(53(38-24-10-5-11-25-38)39-26-12-6-13-27-39)49(51)55(42-32-18-9-19-33-42)50-48(44-35-21-23-37-46(44)52(50,3)4)54(40-28-14-7-15-29-40)41-30-16-8-17-31-41/h5-37H,1-4H3. The summed E-state index contributed by atoms with van der Waals surface area (Å²) in [5, 5.41) is 13.3. The van der Waals surface area contributed by atoms with Gasteiger partial charge < -0.3 is 0 Å². The molecule has 0 fully saturated rings. The number of rotatable bonds is 9. The second-order valence-corrected chi connectivity index (χ2v) is 21.8. The van der Waals surface area contributed by atoms with Crippen molar-refractivity contribution < 1.29 is 0 Å². The van der Waals surface area contributed by atoms with Crippen LogP contribution in [0.25, 0.3) is 10.6 Å². The second-order valence-electron chi connectivity index (χ2n) is 15.4. The fraction of sp³-hybridized carbons (Fsp3) is 0.115. The molecule has 268 valence electrons. The van der Waals surface area contributed by atoms with Crippen molar-refractivity contribution >= 4 is 60.9 Å². The maximum atomic E-state index is 2.52. The molecule has 0 spiro atoms. The molecule has 0 atom stereocenters. The lowest BCUT2D eigenvalue weighted by atomic mass is 9.86.